The van der Waals surface area contributed by atoms with Gasteiger partial charge in [-0.15, -0.1) is 11.8 Å². The SMILES string of the molecule is C[C@@H]1C[C@@H]2SC(C(=O)/C=C/c3c[nH]c4ncccc34)C=C2C23C(=O)C2=CN=C13. The molecule has 2 aromatic rings. The number of allylic oxidation sites excluding steroid dienone is 2. The minimum Gasteiger partial charge on any atom is -0.346 e. The second-order valence-corrected chi connectivity index (χ2v) is 9.17. The van der Waals surface area contributed by atoms with Gasteiger partial charge < -0.3 is 4.98 Å². The van der Waals surface area contributed by atoms with Gasteiger partial charge in [0.2, 0.25) is 0 Å². The third kappa shape index (κ3) is 1.93. The predicted octanol–water partition coefficient (Wildman–Crippen LogP) is 3.50. The molecule has 0 aromatic carbocycles. The summed E-state index contributed by atoms with van der Waals surface area (Å²) < 4.78 is 0. The van der Waals surface area contributed by atoms with Gasteiger partial charge in [-0.25, -0.2) is 4.98 Å². The van der Waals surface area contributed by atoms with Crippen molar-refractivity contribution >= 4 is 46.1 Å². The molecule has 0 saturated heterocycles. The summed E-state index contributed by atoms with van der Waals surface area (Å²) in [5.41, 5.74) is 4.10. The first kappa shape index (κ1) is 16.2. The highest BCUT2D eigenvalue weighted by molar-refractivity contribution is 8.01. The Hall–Kier alpha value is -2.73. The lowest BCUT2D eigenvalue weighted by atomic mass is 9.73. The molecule has 4 heterocycles. The summed E-state index contributed by atoms with van der Waals surface area (Å²) in [6.07, 6.45) is 11.8. The molecule has 6 rings (SSSR count). The van der Waals surface area contributed by atoms with Crippen LogP contribution in [0.15, 0.2) is 59.0 Å². The van der Waals surface area contributed by atoms with Crippen LogP contribution >= 0.6 is 11.8 Å². The number of H-pyrrole nitrogens is 1. The van der Waals surface area contributed by atoms with E-state index in [4.69, 9.17) is 0 Å². The summed E-state index contributed by atoms with van der Waals surface area (Å²) in [6, 6.07) is 3.87. The van der Waals surface area contributed by atoms with Crippen molar-refractivity contribution in [2.24, 2.45) is 16.3 Å². The van der Waals surface area contributed by atoms with Gasteiger partial charge in [-0.3, -0.25) is 14.6 Å². The number of nitrogens with zero attached hydrogens (tertiary/aromatic N) is 2. The van der Waals surface area contributed by atoms with Crippen LogP contribution in [-0.4, -0.2) is 37.7 Å². The van der Waals surface area contributed by atoms with Crippen molar-refractivity contribution in [1.29, 1.82) is 0 Å². The molecule has 5 nitrogen and oxygen atoms in total. The zero-order valence-electron chi connectivity index (χ0n) is 15.2. The van der Waals surface area contributed by atoms with E-state index in [1.54, 1.807) is 30.2 Å². The third-order valence-electron chi connectivity index (χ3n) is 6.29. The molecule has 1 N–H and O–H groups in total. The fraction of sp³-hybridized carbons (Fsp3) is 0.273. The summed E-state index contributed by atoms with van der Waals surface area (Å²) in [5.74, 6) is 0.526. The summed E-state index contributed by atoms with van der Waals surface area (Å²) in [5, 5.41) is 0.979. The van der Waals surface area contributed by atoms with Crippen molar-refractivity contribution < 1.29 is 9.59 Å². The summed E-state index contributed by atoms with van der Waals surface area (Å²) in [7, 11) is 0. The van der Waals surface area contributed by atoms with Crippen LogP contribution in [0, 0.1) is 11.3 Å². The number of ketones is 2. The number of hydrogen-bond acceptors (Lipinski definition) is 5. The molecule has 2 unspecified atom stereocenters. The van der Waals surface area contributed by atoms with Crippen LogP contribution in [-0.2, 0) is 9.59 Å². The van der Waals surface area contributed by atoms with Crippen molar-refractivity contribution in [2.75, 3.05) is 0 Å². The predicted molar refractivity (Wildman–Crippen MR) is 110 cm³/mol. The van der Waals surface area contributed by atoms with E-state index in [9.17, 15) is 9.59 Å². The van der Waals surface area contributed by atoms with E-state index in [1.807, 2.05) is 30.5 Å². The highest BCUT2D eigenvalue weighted by atomic mass is 32.2. The zero-order valence-corrected chi connectivity index (χ0v) is 16.0. The molecule has 138 valence electrons. The van der Waals surface area contributed by atoms with Gasteiger partial charge >= 0.3 is 0 Å². The van der Waals surface area contributed by atoms with Crippen LogP contribution in [0.1, 0.15) is 18.9 Å². The molecular formula is C22H17N3O2S. The fourth-order valence-corrected chi connectivity index (χ4v) is 6.51. The van der Waals surface area contributed by atoms with Gasteiger partial charge in [-0.05, 0) is 42.2 Å². The lowest BCUT2D eigenvalue weighted by Gasteiger charge is -2.32. The Bertz CT molecular complexity index is 1200. The topological polar surface area (TPSA) is 75.2 Å². The van der Waals surface area contributed by atoms with Gasteiger partial charge in [0, 0.05) is 46.1 Å². The number of carbonyl (C=O) groups is 2. The smallest absolute Gasteiger partial charge is 0.182 e. The molecule has 2 saturated carbocycles. The molecular weight excluding hydrogens is 370 g/mol. The highest BCUT2D eigenvalue weighted by Crippen LogP contribution is 2.66. The van der Waals surface area contributed by atoms with E-state index in [2.05, 4.69) is 21.9 Å². The van der Waals surface area contributed by atoms with E-state index in [1.165, 1.54) is 0 Å². The number of thioether (sulfide) groups is 1. The van der Waals surface area contributed by atoms with E-state index < -0.39 is 5.41 Å². The minimum atomic E-state index is -0.573. The van der Waals surface area contributed by atoms with E-state index in [0.29, 0.717) is 0 Å². The van der Waals surface area contributed by atoms with Crippen LogP contribution in [0.4, 0.5) is 0 Å². The molecule has 4 atom stereocenters. The molecule has 28 heavy (non-hydrogen) atoms. The van der Waals surface area contributed by atoms with Gasteiger partial charge in [0.05, 0.1) is 5.25 Å². The van der Waals surface area contributed by atoms with Gasteiger partial charge in [-0.2, -0.15) is 0 Å². The van der Waals surface area contributed by atoms with Crippen molar-refractivity contribution in [1.82, 2.24) is 9.97 Å². The first-order valence-corrected chi connectivity index (χ1v) is 10.4. The monoisotopic (exact) mass is 387 g/mol. The van der Waals surface area contributed by atoms with Crippen LogP contribution in [0.5, 0.6) is 0 Å². The Morgan fingerprint density at radius 3 is 3.18 bits per heavy atom. The zero-order chi connectivity index (χ0) is 19.0. The fourth-order valence-electron chi connectivity index (χ4n) is 4.92. The Morgan fingerprint density at radius 2 is 2.32 bits per heavy atom. The van der Waals surface area contributed by atoms with Crippen molar-refractivity contribution in [3.8, 4) is 0 Å². The van der Waals surface area contributed by atoms with E-state index in [0.717, 1.165) is 39.9 Å². The molecule has 0 amide bonds. The maximum Gasteiger partial charge on any atom is 0.182 e. The number of Topliss-reactive ketones (excluding diaryl/α,β-unsaturated/α-hetero) is 1. The summed E-state index contributed by atoms with van der Waals surface area (Å²) in [6.45, 7) is 2.14. The van der Waals surface area contributed by atoms with Crippen molar-refractivity contribution in [3.63, 3.8) is 0 Å². The molecule has 2 fully saturated rings. The first-order chi connectivity index (χ1) is 13.6. The molecule has 0 radical (unpaired) electrons. The second kappa shape index (κ2) is 5.41. The average Bonchev–Trinajstić information content (AvgIpc) is 3.19. The van der Waals surface area contributed by atoms with E-state index in [-0.39, 0.29) is 28.0 Å². The lowest BCUT2D eigenvalue weighted by Crippen LogP contribution is -2.36. The Morgan fingerprint density at radius 1 is 1.43 bits per heavy atom. The molecule has 0 bridgehead atoms. The standard InChI is InChI=1S/C22H17N3O2S/c1-11-7-17-14(22-15(20(22)27)10-24-19(11)22)8-18(28-17)16(26)5-4-12-9-25-21-13(12)3-2-6-23-21/h2-6,8-11,17-18H,7H2,1H3,(H,23,25)/b5-4+/t11-,17+,18?,22?/m1/s1. The number of aromatic amines is 1. The van der Waals surface area contributed by atoms with Gasteiger partial charge in [0.25, 0.3) is 0 Å². The van der Waals surface area contributed by atoms with Crippen LogP contribution in [0.2, 0.25) is 0 Å². The maximum absolute atomic E-state index is 12.9. The van der Waals surface area contributed by atoms with Crippen LogP contribution in [0.3, 0.4) is 0 Å². The molecule has 2 aromatic heterocycles. The van der Waals surface area contributed by atoms with Gasteiger partial charge in [0.15, 0.2) is 11.6 Å². The molecule has 2 aliphatic carbocycles. The average molecular weight is 387 g/mol. The molecule has 2 aliphatic heterocycles. The summed E-state index contributed by atoms with van der Waals surface area (Å²) in [4.78, 5) is 37.3. The number of nitrogens with one attached hydrogen (secondary N) is 1. The molecule has 4 aliphatic rings. The van der Waals surface area contributed by atoms with E-state index >= 15 is 0 Å². The third-order valence-corrected chi connectivity index (χ3v) is 7.73. The Balaban J connectivity index is 1.30. The number of aliphatic imine (C=N–C) groups is 1. The Kier molecular flexibility index (Phi) is 3.14. The first-order valence-electron chi connectivity index (χ1n) is 9.46. The molecule has 6 heteroatoms. The Labute approximate surface area is 165 Å². The van der Waals surface area contributed by atoms with Gasteiger partial charge in [-0.1, -0.05) is 13.0 Å². The normalized spacial score (nSPS) is 32.7. The van der Waals surface area contributed by atoms with Crippen LogP contribution < -0.4 is 0 Å². The highest BCUT2D eigenvalue weighted by Gasteiger charge is 2.72. The number of fused-ring (bicyclic) bond motifs is 2. The summed E-state index contributed by atoms with van der Waals surface area (Å²) >= 11 is 1.68. The quantitative estimate of drug-likeness (QED) is 0.646. The van der Waals surface area contributed by atoms with Crippen LogP contribution in [0.25, 0.3) is 17.1 Å². The number of aromatic nitrogens is 2. The minimum absolute atomic E-state index is 0.0595. The largest absolute Gasteiger partial charge is 0.346 e. The maximum atomic E-state index is 12.9. The number of rotatable bonds is 3. The number of carbonyl (C=O) groups excluding carboxylic acids is 2. The van der Waals surface area contributed by atoms with Crippen molar-refractivity contribution in [3.05, 3.63) is 59.6 Å². The number of hydrogen-bond donors (Lipinski definition) is 1. The van der Waals surface area contributed by atoms with Crippen molar-refractivity contribution in [2.45, 2.75) is 23.8 Å². The second-order valence-electron chi connectivity index (χ2n) is 7.82. The molecule has 1 spiro atoms. The van der Waals surface area contributed by atoms with Gasteiger partial charge in [0.1, 0.15) is 11.1 Å². The lowest BCUT2D eigenvalue weighted by molar-refractivity contribution is -0.113. The number of pyridine rings is 1.